The third-order valence-corrected chi connectivity index (χ3v) is 2.18. The van der Waals surface area contributed by atoms with E-state index in [1.54, 1.807) is 12.1 Å². The van der Waals surface area contributed by atoms with Crippen LogP contribution in [0.2, 0.25) is 15.4 Å². The first-order valence-electron chi connectivity index (χ1n) is 3.08. The van der Waals surface area contributed by atoms with E-state index in [9.17, 15) is 0 Å². The Morgan fingerprint density at radius 1 is 1.08 bits per heavy atom. The maximum atomic E-state index is 5.80. The third kappa shape index (κ3) is 1.16. The molecule has 1 heterocycles. The van der Waals surface area contributed by atoms with E-state index in [0.717, 1.165) is 0 Å². The van der Waals surface area contributed by atoms with Crippen molar-refractivity contribution in [2.45, 2.75) is 0 Å². The van der Waals surface area contributed by atoms with E-state index in [1.807, 2.05) is 0 Å². The average Bonchev–Trinajstić information content (AvgIpc) is 2.41. The molecule has 0 aliphatic heterocycles. The second-order valence-corrected chi connectivity index (χ2v) is 3.31. The number of aromatic nitrogens is 1. The second kappa shape index (κ2) is 2.80. The number of benzene rings is 1. The van der Waals surface area contributed by atoms with Crippen LogP contribution in [0, 0.1) is 0 Å². The maximum absolute atomic E-state index is 5.80. The lowest BCUT2D eigenvalue weighted by molar-refractivity contribution is 0.604. The molecule has 0 spiro atoms. The zero-order valence-corrected chi connectivity index (χ0v) is 7.91. The van der Waals surface area contributed by atoms with Crippen LogP contribution in [0.15, 0.2) is 16.5 Å². The number of oxazole rings is 1. The fourth-order valence-corrected chi connectivity index (χ4v) is 1.46. The van der Waals surface area contributed by atoms with Crippen LogP contribution in [-0.4, -0.2) is 4.98 Å². The molecular weight excluding hydrogens is 220 g/mol. The molecule has 2 nitrogen and oxygen atoms in total. The van der Waals surface area contributed by atoms with E-state index in [1.165, 1.54) is 0 Å². The van der Waals surface area contributed by atoms with Crippen molar-refractivity contribution in [1.82, 2.24) is 4.98 Å². The van der Waals surface area contributed by atoms with Gasteiger partial charge in [-0.1, -0.05) is 23.2 Å². The minimum absolute atomic E-state index is 0.0417. The van der Waals surface area contributed by atoms with Crippen LogP contribution in [0.1, 0.15) is 0 Å². The zero-order chi connectivity index (χ0) is 8.72. The molecule has 0 aliphatic carbocycles. The summed E-state index contributed by atoms with van der Waals surface area (Å²) in [6, 6.07) is 3.28. The van der Waals surface area contributed by atoms with Crippen molar-refractivity contribution in [3.8, 4) is 0 Å². The van der Waals surface area contributed by atoms with Gasteiger partial charge in [0.15, 0.2) is 5.58 Å². The van der Waals surface area contributed by atoms with Crippen LogP contribution in [0.5, 0.6) is 0 Å². The van der Waals surface area contributed by atoms with Crippen molar-refractivity contribution >= 4 is 45.9 Å². The summed E-state index contributed by atoms with van der Waals surface area (Å²) in [5.41, 5.74) is 0.920. The molecule has 0 saturated carbocycles. The van der Waals surface area contributed by atoms with Crippen molar-refractivity contribution in [2.75, 3.05) is 0 Å². The Bertz CT molecular complexity index is 398. The number of hydrogen-bond acceptors (Lipinski definition) is 2. The van der Waals surface area contributed by atoms with Crippen LogP contribution in [0.25, 0.3) is 11.1 Å². The van der Waals surface area contributed by atoms with Gasteiger partial charge in [0.2, 0.25) is 0 Å². The minimum Gasteiger partial charge on any atom is -0.426 e. The highest BCUT2D eigenvalue weighted by molar-refractivity contribution is 6.39. The smallest absolute Gasteiger partial charge is 0.293 e. The van der Waals surface area contributed by atoms with Crippen molar-refractivity contribution in [3.63, 3.8) is 0 Å². The molecule has 0 fully saturated rings. The Kier molecular flexibility index (Phi) is 1.91. The standard InChI is InChI=1S/C7H2Cl3NO/c8-3-1-2-4(9)6-5(3)11-7(10)12-6/h1-2H. The summed E-state index contributed by atoms with van der Waals surface area (Å²) in [7, 11) is 0. The van der Waals surface area contributed by atoms with E-state index in [-0.39, 0.29) is 5.35 Å². The van der Waals surface area contributed by atoms with Gasteiger partial charge in [0.1, 0.15) is 5.52 Å². The predicted octanol–water partition coefficient (Wildman–Crippen LogP) is 3.79. The first-order valence-corrected chi connectivity index (χ1v) is 4.22. The molecular formula is C7H2Cl3NO. The monoisotopic (exact) mass is 221 g/mol. The highest BCUT2D eigenvalue weighted by Gasteiger charge is 2.10. The van der Waals surface area contributed by atoms with Crippen LogP contribution in [0.4, 0.5) is 0 Å². The molecule has 0 aliphatic rings. The van der Waals surface area contributed by atoms with Gasteiger partial charge in [0.05, 0.1) is 10.0 Å². The molecule has 0 N–H and O–H groups in total. The molecule has 1 aromatic carbocycles. The average molecular weight is 222 g/mol. The summed E-state index contributed by atoms with van der Waals surface area (Å²) in [5, 5.41) is 0.971. The molecule has 1 aromatic heterocycles. The molecule has 0 radical (unpaired) electrons. The van der Waals surface area contributed by atoms with Gasteiger partial charge in [-0.05, 0) is 23.7 Å². The van der Waals surface area contributed by atoms with E-state index in [4.69, 9.17) is 39.2 Å². The first kappa shape index (κ1) is 8.17. The van der Waals surface area contributed by atoms with Crippen LogP contribution < -0.4 is 0 Å². The molecule has 0 amide bonds. The number of fused-ring (bicyclic) bond motifs is 1. The Hall–Kier alpha value is -0.440. The summed E-state index contributed by atoms with van der Waals surface area (Å²) in [6.07, 6.45) is 0. The molecule has 5 heteroatoms. The molecule has 62 valence electrons. The van der Waals surface area contributed by atoms with E-state index >= 15 is 0 Å². The normalized spacial score (nSPS) is 10.9. The Labute approximate surface area is 83.0 Å². The zero-order valence-electron chi connectivity index (χ0n) is 5.64. The van der Waals surface area contributed by atoms with Gasteiger partial charge < -0.3 is 4.42 Å². The van der Waals surface area contributed by atoms with Gasteiger partial charge in [0.25, 0.3) is 5.35 Å². The lowest BCUT2D eigenvalue weighted by atomic mass is 10.3. The van der Waals surface area contributed by atoms with E-state index in [0.29, 0.717) is 21.1 Å². The fraction of sp³-hybridized carbons (Fsp3) is 0. The lowest BCUT2D eigenvalue weighted by Gasteiger charge is -1.91. The Balaban J connectivity index is 2.93. The summed E-state index contributed by atoms with van der Waals surface area (Å²) < 4.78 is 5.02. The SMILES string of the molecule is Clc1nc2c(Cl)ccc(Cl)c2o1. The number of hydrogen-bond donors (Lipinski definition) is 0. The van der Waals surface area contributed by atoms with Gasteiger partial charge in [-0.15, -0.1) is 0 Å². The molecule has 2 rings (SSSR count). The van der Waals surface area contributed by atoms with E-state index in [2.05, 4.69) is 4.98 Å². The highest BCUT2D eigenvalue weighted by atomic mass is 35.5. The number of halogens is 3. The number of rotatable bonds is 0. The van der Waals surface area contributed by atoms with Gasteiger partial charge in [0, 0.05) is 0 Å². The highest BCUT2D eigenvalue weighted by Crippen LogP contribution is 2.31. The molecule has 0 unspecified atom stereocenters. The van der Waals surface area contributed by atoms with E-state index < -0.39 is 0 Å². The molecule has 0 bridgehead atoms. The number of nitrogens with zero attached hydrogens (tertiary/aromatic N) is 1. The minimum atomic E-state index is 0.0417. The first-order chi connectivity index (χ1) is 5.68. The topological polar surface area (TPSA) is 26.0 Å². The molecule has 12 heavy (non-hydrogen) atoms. The predicted molar refractivity (Wildman–Crippen MR) is 49.0 cm³/mol. The van der Waals surface area contributed by atoms with Crippen LogP contribution >= 0.6 is 34.8 Å². The van der Waals surface area contributed by atoms with Crippen molar-refractivity contribution in [3.05, 3.63) is 27.5 Å². The summed E-state index contributed by atoms with van der Waals surface area (Å²) in [5.74, 6) is 0. The third-order valence-electron chi connectivity index (χ3n) is 1.42. The largest absolute Gasteiger partial charge is 0.426 e. The molecule has 2 aromatic rings. The Morgan fingerprint density at radius 2 is 1.75 bits per heavy atom. The van der Waals surface area contributed by atoms with Crippen molar-refractivity contribution in [1.29, 1.82) is 0 Å². The second-order valence-electron chi connectivity index (χ2n) is 2.17. The maximum Gasteiger partial charge on any atom is 0.293 e. The molecule has 0 atom stereocenters. The van der Waals surface area contributed by atoms with Crippen molar-refractivity contribution < 1.29 is 4.42 Å². The summed E-state index contributed by atoms with van der Waals surface area (Å²) in [6.45, 7) is 0. The Morgan fingerprint density at radius 3 is 2.42 bits per heavy atom. The fourth-order valence-electron chi connectivity index (χ4n) is 0.919. The lowest BCUT2D eigenvalue weighted by Crippen LogP contribution is -1.71. The van der Waals surface area contributed by atoms with Gasteiger partial charge in [-0.2, -0.15) is 4.98 Å². The van der Waals surface area contributed by atoms with Gasteiger partial charge in [-0.25, -0.2) is 0 Å². The summed E-state index contributed by atoms with van der Waals surface area (Å²) >= 11 is 17.1. The van der Waals surface area contributed by atoms with Crippen LogP contribution in [0.3, 0.4) is 0 Å². The van der Waals surface area contributed by atoms with Gasteiger partial charge in [-0.3, -0.25) is 0 Å². The van der Waals surface area contributed by atoms with Crippen molar-refractivity contribution in [2.24, 2.45) is 0 Å². The summed E-state index contributed by atoms with van der Waals surface area (Å²) in [4.78, 5) is 3.86. The molecule has 0 saturated heterocycles. The van der Waals surface area contributed by atoms with Gasteiger partial charge >= 0.3 is 0 Å². The quantitative estimate of drug-likeness (QED) is 0.678. The van der Waals surface area contributed by atoms with Crippen LogP contribution in [-0.2, 0) is 0 Å².